The topological polar surface area (TPSA) is 107 Å². The van der Waals surface area contributed by atoms with Gasteiger partial charge in [0.15, 0.2) is 0 Å². The molecule has 4 unspecified atom stereocenters. The van der Waals surface area contributed by atoms with Crippen molar-refractivity contribution in [3.8, 4) is 0 Å². The minimum atomic E-state index is -3.24. The van der Waals surface area contributed by atoms with Crippen molar-refractivity contribution < 1.29 is 23.1 Å². The molecule has 1 aliphatic rings. The highest BCUT2D eigenvalue weighted by Crippen LogP contribution is 2.20. The highest BCUT2D eigenvalue weighted by Gasteiger charge is 2.35. The molecule has 2 N–H and O–H groups in total. The molecule has 0 aromatic carbocycles. The molecule has 0 aliphatic carbocycles. The van der Waals surface area contributed by atoms with E-state index >= 15 is 0 Å². The largest absolute Gasteiger partial charge is 0.393 e. The van der Waals surface area contributed by atoms with Crippen molar-refractivity contribution in [3.05, 3.63) is 0 Å². The van der Waals surface area contributed by atoms with Crippen LogP contribution in [0.5, 0.6) is 0 Å². The molecule has 0 saturated carbocycles. The zero-order chi connectivity index (χ0) is 17.8. The number of hydrogen-bond acceptors (Lipinski definition) is 5. The Hall–Kier alpha value is -1.19. The van der Waals surface area contributed by atoms with Crippen LogP contribution in [0.3, 0.4) is 0 Å². The normalized spacial score (nSPS) is 22.0. The van der Waals surface area contributed by atoms with Crippen LogP contribution in [-0.4, -0.2) is 79.6 Å². The number of aliphatic hydroxyl groups is 1. The van der Waals surface area contributed by atoms with E-state index in [2.05, 4.69) is 5.32 Å². The van der Waals surface area contributed by atoms with Gasteiger partial charge in [-0.25, -0.2) is 8.42 Å². The number of amides is 2. The van der Waals surface area contributed by atoms with Crippen LogP contribution in [0.15, 0.2) is 0 Å². The van der Waals surface area contributed by atoms with Gasteiger partial charge in [0, 0.05) is 38.1 Å². The lowest BCUT2D eigenvalue weighted by Crippen LogP contribution is -2.55. The quantitative estimate of drug-likeness (QED) is 0.565. The smallest absolute Gasteiger partial charge is 0.227 e. The third-order valence-electron chi connectivity index (χ3n) is 4.54. The lowest BCUT2D eigenvalue weighted by molar-refractivity contribution is -0.138. The molecular weight excluding hydrogens is 322 g/mol. The van der Waals surface area contributed by atoms with Crippen molar-refractivity contribution >= 4 is 22.3 Å². The summed E-state index contributed by atoms with van der Waals surface area (Å²) in [6.07, 6.45) is 1.03. The SMILES string of the molecule is CC(O)C(C)C(NC=O)C(C)C(=O)N1CCN(S(C)(=O)=O)CC1. The number of hydrogen-bond donors (Lipinski definition) is 2. The first-order valence-corrected chi connectivity index (χ1v) is 9.56. The highest BCUT2D eigenvalue weighted by atomic mass is 32.2. The Balaban J connectivity index is 2.74. The van der Waals surface area contributed by atoms with E-state index in [4.69, 9.17) is 0 Å². The Labute approximate surface area is 137 Å². The first-order valence-electron chi connectivity index (χ1n) is 7.71. The van der Waals surface area contributed by atoms with Crippen LogP contribution in [0, 0.1) is 11.8 Å². The fraction of sp³-hybridized carbons (Fsp3) is 0.857. The summed E-state index contributed by atoms with van der Waals surface area (Å²) in [5.41, 5.74) is 0. The molecular formula is C14H27N3O5S. The number of piperazine rings is 1. The van der Waals surface area contributed by atoms with Crippen LogP contribution in [0.1, 0.15) is 20.8 Å². The van der Waals surface area contributed by atoms with Gasteiger partial charge in [0.05, 0.1) is 18.3 Å². The minimum Gasteiger partial charge on any atom is -0.393 e. The molecule has 0 bridgehead atoms. The van der Waals surface area contributed by atoms with E-state index in [1.165, 1.54) is 4.31 Å². The average Bonchev–Trinajstić information content (AvgIpc) is 2.49. The van der Waals surface area contributed by atoms with Gasteiger partial charge in [-0.15, -0.1) is 0 Å². The molecule has 1 heterocycles. The summed E-state index contributed by atoms with van der Waals surface area (Å²) in [4.78, 5) is 25.0. The van der Waals surface area contributed by atoms with Crippen molar-refractivity contribution in [1.82, 2.24) is 14.5 Å². The number of nitrogens with one attached hydrogen (secondary N) is 1. The van der Waals surface area contributed by atoms with Gasteiger partial charge in [-0.05, 0) is 6.92 Å². The minimum absolute atomic E-state index is 0.148. The molecule has 1 saturated heterocycles. The molecule has 134 valence electrons. The van der Waals surface area contributed by atoms with Gasteiger partial charge in [0.25, 0.3) is 0 Å². The van der Waals surface area contributed by atoms with Crippen LogP contribution in [-0.2, 0) is 19.6 Å². The third kappa shape index (κ3) is 5.15. The Morgan fingerprint density at radius 2 is 1.70 bits per heavy atom. The molecule has 1 aliphatic heterocycles. The van der Waals surface area contributed by atoms with Crippen LogP contribution in [0.2, 0.25) is 0 Å². The van der Waals surface area contributed by atoms with E-state index in [1.807, 2.05) is 0 Å². The molecule has 4 atom stereocenters. The molecule has 1 fully saturated rings. The maximum Gasteiger partial charge on any atom is 0.227 e. The first-order chi connectivity index (χ1) is 10.6. The van der Waals surface area contributed by atoms with Gasteiger partial charge in [-0.2, -0.15) is 4.31 Å². The summed E-state index contributed by atoms with van der Waals surface area (Å²) in [7, 11) is -3.24. The van der Waals surface area contributed by atoms with Crippen molar-refractivity contribution in [3.63, 3.8) is 0 Å². The fourth-order valence-electron chi connectivity index (χ4n) is 2.81. The predicted octanol–water partition coefficient (Wildman–Crippen LogP) is -1.14. The maximum absolute atomic E-state index is 12.6. The van der Waals surface area contributed by atoms with Gasteiger partial charge < -0.3 is 15.3 Å². The summed E-state index contributed by atoms with van der Waals surface area (Å²) in [6.45, 7) is 6.30. The van der Waals surface area contributed by atoms with Crippen LogP contribution in [0.4, 0.5) is 0 Å². The first kappa shape index (κ1) is 19.9. The number of carbonyl (C=O) groups excluding carboxylic acids is 2. The molecule has 0 aromatic heterocycles. The standard InChI is InChI=1S/C14H27N3O5S/c1-10(12(3)19)13(15-9-18)11(2)14(20)16-5-7-17(8-6-16)23(4,21)22/h9-13,19H,5-8H2,1-4H3,(H,15,18). The Bertz CT molecular complexity index is 515. The van der Waals surface area contributed by atoms with E-state index in [-0.39, 0.29) is 24.9 Å². The summed E-state index contributed by atoms with van der Waals surface area (Å²) in [5, 5.41) is 12.4. The summed E-state index contributed by atoms with van der Waals surface area (Å²) < 4.78 is 24.3. The Morgan fingerprint density at radius 1 is 1.17 bits per heavy atom. The van der Waals surface area contributed by atoms with Crippen LogP contribution >= 0.6 is 0 Å². The van der Waals surface area contributed by atoms with Gasteiger partial charge in [-0.1, -0.05) is 13.8 Å². The number of sulfonamides is 1. The van der Waals surface area contributed by atoms with E-state index in [0.29, 0.717) is 19.5 Å². The van der Waals surface area contributed by atoms with Gasteiger partial charge >= 0.3 is 0 Å². The second kappa shape index (κ2) is 8.07. The van der Waals surface area contributed by atoms with E-state index in [9.17, 15) is 23.1 Å². The predicted molar refractivity (Wildman–Crippen MR) is 86.0 cm³/mol. The Morgan fingerprint density at radius 3 is 2.09 bits per heavy atom. The zero-order valence-electron chi connectivity index (χ0n) is 14.1. The van der Waals surface area contributed by atoms with Crippen molar-refractivity contribution in [2.75, 3.05) is 32.4 Å². The van der Waals surface area contributed by atoms with Crippen LogP contribution < -0.4 is 5.32 Å². The number of aliphatic hydroxyl groups excluding tert-OH is 1. The average molecular weight is 349 g/mol. The number of rotatable bonds is 7. The molecule has 9 heteroatoms. The van der Waals surface area contributed by atoms with E-state index < -0.39 is 28.1 Å². The molecule has 8 nitrogen and oxygen atoms in total. The number of nitrogens with zero attached hydrogens (tertiary/aromatic N) is 2. The lowest BCUT2D eigenvalue weighted by Gasteiger charge is -2.37. The molecule has 0 radical (unpaired) electrons. The highest BCUT2D eigenvalue weighted by molar-refractivity contribution is 7.88. The summed E-state index contributed by atoms with van der Waals surface area (Å²) in [5.74, 6) is -0.934. The van der Waals surface area contributed by atoms with E-state index in [1.54, 1.807) is 25.7 Å². The second-order valence-corrected chi connectivity index (χ2v) is 8.17. The van der Waals surface area contributed by atoms with Crippen molar-refractivity contribution in [2.45, 2.75) is 32.9 Å². The fourth-order valence-corrected chi connectivity index (χ4v) is 3.64. The van der Waals surface area contributed by atoms with Crippen LogP contribution in [0.25, 0.3) is 0 Å². The Kier molecular flexibility index (Phi) is 6.97. The lowest BCUT2D eigenvalue weighted by atomic mass is 9.86. The monoisotopic (exact) mass is 349 g/mol. The zero-order valence-corrected chi connectivity index (χ0v) is 14.9. The molecule has 1 rings (SSSR count). The van der Waals surface area contributed by atoms with Gasteiger partial charge in [-0.3, -0.25) is 9.59 Å². The van der Waals surface area contributed by atoms with Gasteiger partial charge in [0.1, 0.15) is 0 Å². The number of carbonyl (C=O) groups is 2. The second-order valence-electron chi connectivity index (χ2n) is 6.19. The summed E-state index contributed by atoms with van der Waals surface area (Å²) >= 11 is 0. The molecule has 0 spiro atoms. The molecule has 23 heavy (non-hydrogen) atoms. The molecule has 0 aromatic rings. The van der Waals surface area contributed by atoms with Gasteiger partial charge in [0.2, 0.25) is 22.3 Å². The summed E-state index contributed by atoms with van der Waals surface area (Å²) in [6, 6.07) is -0.479. The van der Waals surface area contributed by atoms with E-state index in [0.717, 1.165) is 6.26 Å². The molecule has 2 amide bonds. The third-order valence-corrected chi connectivity index (χ3v) is 5.84. The van der Waals surface area contributed by atoms with Crippen molar-refractivity contribution in [2.24, 2.45) is 11.8 Å². The maximum atomic E-state index is 12.6. The van der Waals surface area contributed by atoms with Crippen molar-refractivity contribution in [1.29, 1.82) is 0 Å².